The summed E-state index contributed by atoms with van der Waals surface area (Å²) in [4.78, 5) is 28.4. The van der Waals surface area contributed by atoms with Crippen LogP contribution in [0.25, 0.3) is 0 Å². The third kappa shape index (κ3) is 5.56. The van der Waals surface area contributed by atoms with Crippen LogP contribution in [0.1, 0.15) is 29.6 Å². The summed E-state index contributed by atoms with van der Waals surface area (Å²) in [6, 6.07) is 11.8. The Labute approximate surface area is 198 Å². The van der Waals surface area contributed by atoms with Gasteiger partial charge in [-0.25, -0.2) is 17.6 Å². The van der Waals surface area contributed by atoms with Crippen molar-refractivity contribution in [2.75, 3.05) is 50.8 Å². The number of esters is 1. The van der Waals surface area contributed by atoms with E-state index in [0.29, 0.717) is 26.2 Å². The van der Waals surface area contributed by atoms with Gasteiger partial charge in [0, 0.05) is 45.0 Å². The van der Waals surface area contributed by atoms with E-state index >= 15 is 0 Å². The van der Waals surface area contributed by atoms with Crippen LogP contribution in [0.15, 0.2) is 53.4 Å². The fourth-order valence-corrected chi connectivity index (χ4v) is 5.68. The van der Waals surface area contributed by atoms with Gasteiger partial charge < -0.3 is 14.5 Å². The summed E-state index contributed by atoms with van der Waals surface area (Å²) in [5, 5.41) is 0. The summed E-state index contributed by atoms with van der Waals surface area (Å²) in [5.41, 5.74) is 0.916. The fourth-order valence-electron chi connectivity index (χ4n) is 4.22. The molecule has 2 aliphatic heterocycles. The molecule has 0 spiro atoms. The molecule has 0 bridgehead atoms. The second-order valence-corrected chi connectivity index (χ2v) is 10.4. The van der Waals surface area contributed by atoms with Crippen LogP contribution in [0.3, 0.4) is 0 Å². The Balaban J connectivity index is 1.36. The number of benzene rings is 2. The topological polar surface area (TPSA) is 87.2 Å². The number of carbonyl (C=O) groups is 2. The Hall–Kier alpha value is -2.98. The van der Waals surface area contributed by atoms with Crippen molar-refractivity contribution in [3.63, 3.8) is 0 Å². The summed E-state index contributed by atoms with van der Waals surface area (Å²) in [6.07, 6.45) is 2.97. The van der Waals surface area contributed by atoms with Gasteiger partial charge in [0.05, 0.1) is 10.5 Å². The quantitative estimate of drug-likeness (QED) is 0.580. The minimum Gasteiger partial charge on any atom is -0.452 e. The predicted octanol–water partition coefficient (Wildman–Crippen LogP) is 2.51. The van der Waals surface area contributed by atoms with Crippen LogP contribution in [0.5, 0.6) is 0 Å². The highest BCUT2D eigenvalue weighted by molar-refractivity contribution is 7.89. The zero-order valence-electron chi connectivity index (χ0n) is 18.9. The molecule has 0 unspecified atom stereocenters. The molecule has 34 heavy (non-hydrogen) atoms. The summed E-state index contributed by atoms with van der Waals surface area (Å²) in [5.74, 6) is -1.29. The number of ether oxygens (including phenoxy) is 1. The number of piperazine rings is 1. The lowest BCUT2D eigenvalue weighted by molar-refractivity contribution is -0.135. The number of carbonyl (C=O) groups excluding carboxylic acids is 2. The minimum atomic E-state index is -3.82. The Bertz CT molecular complexity index is 1130. The molecule has 4 rings (SSSR count). The maximum absolute atomic E-state index is 13.2. The van der Waals surface area contributed by atoms with Gasteiger partial charge in [-0.1, -0.05) is 6.07 Å². The van der Waals surface area contributed by atoms with Crippen molar-refractivity contribution >= 4 is 27.6 Å². The number of anilines is 1. The zero-order valence-corrected chi connectivity index (χ0v) is 19.7. The lowest BCUT2D eigenvalue weighted by Gasteiger charge is -2.35. The Morgan fingerprint density at radius 3 is 2.24 bits per heavy atom. The van der Waals surface area contributed by atoms with Crippen LogP contribution in [-0.4, -0.2) is 75.4 Å². The van der Waals surface area contributed by atoms with Crippen LogP contribution < -0.4 is 4.90 Å². The molecular formula is C24H28FN3O5S. The Kier molecular flexibility index (Phi) is 7.47. The molecular weight excluding hydrogens is 461 g/mol. The third-order valence-corrected chi connectivity index (χ3v) is 8.07. The predicted molar refractivity (Wildman–Crippen MR) is 125 cm³/mol. The first kappa shape index (κ1) is 24.2. The summed E-state index contributed by atoms with van der Waals surface area (Å²) in [7, 11) is -3.82. The number of sulfonamides is 1. The van der Waals surface area contributed by atoms with Crippen molar-refractivity contribution in [1.82, 2.24) is 9.21 Å². The number of hydrogen-bond acceptors (Lipinski definition) is 6. The van der Waals surface area contributed by atoms with Crippen molar-refractivity contribution in [2.24, 2.45) is 0 Å². The van der Waals surface area contributed by atoms with Crippen LogP contribution in [0, 0.1) is 5.82 Å². The van der Waals surface area contributed by atoms with Crippen LogP contribution in [-0.2, 0) is 19.6 Å². The molecule has 2 aliphatic rings. The molecule has 0 N–H and O–H groups in total. The first-order valence-corrected chi connectivity index (χ1v) is 12.8. The smallest absolute Gasteiger partial charge is 0.338 e. The van der Waals surface area contributed by atoms with Crippen LogP contribution in [0.4, 0.5) is 10.1 Å². The normalized spacial score (nSPS) is 17.4. The van der Waals surface area contributed by atoms with Crippen molar-refractivity contribution in [1.29, 1.82) is 0 Å². The molecule has 0 atom stereocenters. The molecule has 2 aromatic rings. The van der Waals surface area contributed by atoms with Crippen molar-refractivity contribution < 1.29 is 27.1 Å². The molecule has 182 valence electrons. The molecule has 2 fully saturated rings. The largest absolute Gasteiger partial charge is 0.452 e. The van der Waals surface area contributed by atoms with E-state index in [1.54, 1.807) is 17.0 Å². The maximum atomic E-state index is 13.2. The second kappa shape index (κ2) is 10.5. The van der Waals surface area contributed by atoms with E-state index < -0.39 is 16.0 Å². The van der Waals surface area contributed by atoms with E-state index in [1.807, 2.05) is 4.90 Å². The van der Waals surface area contributed by atoms with E-state index in [0.717, 1.165) is 24.9 Å². The van der Waals surface area contributed by atoms with Gasteiger partial charge >= 0.3 is 5.97 Å². The summed E-state index contributed by atoms with van der Waals surface area (Å²) >= 11 is 0. The number of nitrogens with zero attached hydrogens (tertiary/aromatic N) is 3. The Morgan fingerprint density at radius 2 is 1.56 bits per heavy atom. The average molecular weight is 490 g/mol. The van der Waals surface area contributed by atoms with Gasteiger partial charge in [0.1, 0.15) is 5.82 Å². The first-order valence-electron chi connectivity index (χ1n) is 11.4. The molecule has 0 aliphatic carbocycles. The second-order valence-electron chi connectivity index (χ2n) is 8.41. The highest BCUT2D eigenvalue weighted by atomic mass is 32.2. The number of piperidine rings is 1. The standard InChI is InChI=1S/C24H28FN3O5S/c25-20-7-9-21(10-8-20)26-13-15-28(16-14-26)34(31,32)22-6-4-5-19(17-22)24(30)33-18-23(29)27-11-2-1-3-12-27/h4-10,17H,1-3,11-16,18H2. The monoisotopic (exact) mass is 489 g/mol. The van der Waals surface area contributed by atoms with Gasteiger partial charge in [0.25, 0.3) is 5.91 Å². The highest BCUT2D eigenvalue weighted by Crippen LogP contribution is 2.22. The van der Waals surface area contributed by atoms with Gasteiger partial charge in [-0.15, -0.1) is 0 Å². The average Bonchev–Trinajstić information content (AvgIpc) is 2.88. The van der Waals surface area contributed by atoms with E-state index in [9.17, 15) is 22.4 Å². The van der Waals surface area contributed by atoms with E-state index in [1.165, 1.54) is 40.7 Å². The molecule has 2 saturated heterocycles. The first-order chi connectivity index (χ1) is 16.3. The van der Waals surface area contributed by atoms with Gasteiger partial charge in [-0.05, 0) is 61.7 Å². The molecule has 8 nitrogen and oxygen atoms in total. The van der Waals surface area contributed by atoms with Crippen molar-refractivity contribution in [3.05, 3.63) is 59.9 Å². The maximum Gasteiger partial charge on any atom is 0.338 e. The number of likely N-dealkylation sites (tertiary alicyclic amines) is 1. The summed E-state index contributed by atoms with van der Waals surface area (Å²) in [6.45, 7) is 2.42. The molecule has 1 amide bonds. The lowest BCUT2D eigenvalue weighted by Crippen LogP contribution is -2.48. The van der Waals surface area contributed by atoms with Crippen LogP contribution >= 0.6 is 0 Å². The van der Waals surface area contributed by atoms with Crippen LogP contribution in [0.2, 0.25) is 0 Å². The zero-order chi connectivity index (χ0) is 24.1. The summed E-state index contributed by atoms with van der Waals surface area (Å²) < 4.78 is 46.0. The molecule has 2 heterocycles. The van der Waals surface area contributed by atoms with E-state index in [2.05, 4.69) is 0 Å². The van der Waals surface area contributed by atoms with E-state index in [-0.39, 0.29) is 41.9 Å². The Morgan fingerprint density at radius 1 is 0.882 bits per heavy atom. The fraction of sp³-hybridized carbons (Fsp3) is 0.417. The number of rotatable bonds is 6. The van der Waals surface area contributed by atoms with Crippen molar-refractivity contribution in [3.8, 4) is 0 Å². The molecule has 2 aromatic carbocycles. The number of hydrogen-bond donors (Lipinski definition) is 0. The molecule has 10 heteroatoms. The molecule has 0 radical (unpaired) electrons. The lowest BCUT2D eigenvalue weighted by atomic mass is 10.1. The number of halogens is 1. The van der Waals surface area contributed by atoms with Gasteiger partial charge in [0.2, 0.25) is 10.0 Å². The molecule has 0 saturated carbocycles. The number of amides is 1. The molecule has 0 aromatic heterocycles. The third-order valence-electron chi connectivity index (χ3n) is 6.17. The minimum absolute atomic E-state index is 0.000427. The van der Waals surface area contributed by atoms with Gasteiger partial charge in [-0.2, -0.15) is 4.31 Å². The van der Waals surface area contributed by atoms with Gasteiger partial charge in [0.15, 0.2) is 6.61 Å². The SMILES string of the molecule is O=C(OCC(=O)N1CCCCC1)c1cccc(S(=O)(=O)N2CCN(c3ccc(F)cc3)CC2)c1. The van der Waals surface area contributed by atoms with Crippen molar-refractivity contribution in [2.45, 2.75) is 24.2 Å². The van der Waals surface area contributed by atoms with E-state index in [4.69, 9.17) is 4.74 Å². The highest BCUT2D eigenvalue weighted by Gasteiger charge is 2.29. The van der Waals surface area contributed by atoms with Gasteiger partial charge in [-0.3, -0.25) is 4.79 Å².